The van der Waals surface area contributed by atoms with E-state index in [1.807, 2.05) is 30.3 Å². The van der Waals surface area contributed by atoms with Gasteiger partial charge in [0.25, 0.3) is 0 Å². The minimum Gasteiger partial charge on any atom is -0.508 e. The molecule has 2 aliphatic rings. The minimum absolute atomic E-state index is 0.293. The molecular formula is C29H28O2. The molecule has 0 saturated heterocycles. The Labute approximate surface area is 184 Å². The van der Waals surface area contributed by atoms with Crippen molar-refractivity contribution in [3.8, 4) is 11.5 Å². The molecule has 0 fully saturated rings. The molecule has 0 bridgehead atoms. The van der Waals surface area contributed by atoms with E-state index in [1.165, 1.54) is 27.8 Å². The molecule has 0 amide bonds. The molecule has 2 aliphatic carbocycles. The zero-order valence-corrected chi connectivity index (χ0v) is 17.7. The van der Waals surface area contributed by atoms with E-state index in [-0.39, 0.29) is 0 Å². The van der Waals surface area contributed by atoms with Gasteiger partial charge in [-0.25, -0.2) is 0 Å². The summed E-state index contributed by atoms with van der Waals surface area (Å²) in [7, 11) is 0. The van der Waals surface area contributed by atoms with Gasteiger partial charge in [0.1, 0.15) is 18.1 Å². The highest BCUT2D eigenvalue weighted by molar-refractivity contribution is 5.48. The van der Waals surface area contributed by atoms with E-state index in [2.05, 4.69) is 60.7 Å². The van der Waals surface area contributed by atoms with Gasteiger partial charge >= 0.3 is 0 Å². The first kappa shape index (κ1) is 19.7. The fourth-order valence-corrected chi connectivity index (χ4v) is 4.99. The van der Waals surface area contributed by atoms with Crippen molar-refractivity contribution in [2.45, 2.75) is 38.2 Å². The van der Waals surface area contributed by atoms with Gasteiger partial charge in [0.2, 0.25) is 0 Å². The van der Waals surface area contributed by atoms with Gasteiger partial charge in [0.15, 0.2) is 0 Å². The van der Waals surface area contributed by atoms with Gasteiger partial charge in [0, 0.05) is 5.92 Å². The lowest BCUT2D eigenvalue weighted by atomic mass is 9.68. The third kappa shape index (κ3) is 4.29. The number of benzene rings is 3. The third-order valence-electron chi connectivity index (χ3n) is 6.53. The molecule has 0 unspecified atom stereocenters. The Morgan fingerprint density at radius 2 is 1.74 bits per heavy atom. The van der Waals surface area contributed by atoms with Crippen LogP contribution in [0.4, 0.5) is 0 Å². The number of aryl methyl sites for hydroxylation is 1. The maximum atomic E-state index is 9.82. The molecule has 0 aliphatic heterocycles. The van der Waals surface area contributed by atoms with Crippen LogP contribution in [-0.4, -0.2) is 5.11 Å². The van der Waals surface area contributed by atoms with E-state index in [1.54, 1.807) is 0 Å². The first-order chi connectivity index (χ1) is 15.3. The minimum atomic E-state index is 0.293. The van der Waals surface area contributed by atoms with Gasteiger partial charge in [0.05, 0.1) is 0 Å². The molecule has 5 rings (SSSR count). The lowest BCUT2D eigenvalue weighted by molar-refractivity contribution is 0.305. The number of ether oxygens (including phenoxy) is 1. The molecular weight excluding hydrogens is 380 g/mol. The number of allylic oxidation sites excluding steroid dienone is 4. The van der Waals surface area contributed by atoms with Crippen LogP contribution < -0.4 is 4.74 Å². The van der Waals surface area contributed by atoms with E-state index in [0.29, 0.717) is 24.2 Å². The molecule has 0 saturated carbocycles. The summed E-state index contributed by atoms with van der Waals surface area (Å²) in [5, 5.41) is 9.82. The lowest BCUT2D eigenvalue weighted by Crippen LogP contribution is -2.23. The fraction of sp³-hybridized carbons (Fsp3) is 0.241. The highest BCUT2D eigenvalue weighted by atomic mass is 16.5. The van der Waals surface area contributed by atoms with Gasteiger partial charge < -0.3 is 9.84 Å². The van der Waals surface area contributed by atoms with Gasteiger partial charge in [-0.15, -0.1) is 0 Å². The second kappa shape index (κ2) is 8.85. The molecule has 2 heteroatoms. The summed E-state index contributed by atoms with van der Waals surface area (Å²) in [4.78, 5) is 0. The van der Waals surface area contributed by atoms with Crippen LogP contribution in [0.2, 0.25) is 0 Å². The molecule has 0 radical (unpaired) electrons. The van der Waals surface area contributed by atoms with Gasteiger partial charge in [-0.05, 0) is 83.7 Å². The Balaban J connectivity index is 1.46. The molecule has 2 nitrogen and oxygen atoms in total. The van der Waals surface area contributed by atoms with Crippen molar-refractivity contribution >= 4 is 0 Å². The Bertz CT molecular complexity index is 1090. The van der Waals surface area contributed by atoms with Gasteiger partial charge in [-0.2, -0.15) is 0 Å². The summed E-state index contributed by atoms with van der Waals surface area (Å²) < 4.78 is 6.10. The van der Waals surface area contributed by atoms with Crippen molar-refractivity contribution in [2.75, 3.05) is 0 Å². The van der Waals surface area contributed by atoms with Crippen LogP contribution in [0.5, 0.6) is 11.5 Å². The van der Waals surface area contributed by atoms with E-state index in [0.717, 1.165) is 31.4 Å². The smallest absolute Gasteiger partial charge is 0.120 e. The zero-order chi connectivity index (χ0) is 21.0. The van der Waals surface area contributed by atoms with Crippen LogP contribution in [0.1, 0.15) is 47.4 Å². The summed E-state index contributed by atoms with van der Waals surface area (Å²) in [6.45, 7) is 0.585. The number of aromatic hydroxyl groups is 1. The Morgan fingerprint density at radius 3 is 2.52 bits per heavy atom. The van der Waals surface area contributed by atoms with Crippen LogP contribution in [0.25, 0.3) is 0 Å². The number of hydrogen-bond acceptors (Lipinski definition) is 2. The highest BCUT2D eigenvalue weighted by Crippen LogP contribution is 2.46. The molecule has 3 aromatic carbocycles. The van der Waals surface area contributed by atoms with E-state index in [4.69, 9.17) is 4.74 Å². The number of phenolic OH excluding ortho intramolecular Hbond substituents is 1. The predicted molar refractivity (Wildman–Crippen MR) is 125 cm³/mol. The fourth-order valence-electron chi connectivity index (χ4n) is 4.99. The first-order valence-electron chi connectivity index (χ1n) is 11.2. The van der Waals surface area contributed by atoms with E-state index < -0.39 is 0 Å². The number of hydrogen-bond donors (Lipinski definition) is 1. The standard InChI is InChI=1S/C29H28O2/c30-25-14-11-23(12-15-25)29-27(22-9-5-2-6-10-22)17-13-24-19-26(16-18-28(24)29)31-20-21-7-3-1-4-8-21/h1,3-5,7-12,14-16,18-19,27,29-30H,2,6,13,17,20H2/t27-,29+/m1/s1. The molecule has 0 heterocycles. The second-order valence-electron chi connectivity index (χ2n) is 8.53. The maximum Gasteiger partial charge on any atom is 0.120 e. The van der Waals surface area contributed by atoms with Crippen molar-refractivity contribution in [3.05, 3.63) is 119 Å². The number of fused-ring (bicyclic) bond motifs is 1. The van der Waals surface area contributed by atoms with Crippen molar-refractivity contribution in [1.82, 2.24) is 0 Å². The second-order valence-corrected chi connectivity index (χ2v) is 8.53. The van der Waals surface area contributed by atoms with Crippen LogP contribution in [0, 0.1) is 5.92 Å². The first-order valence-corrected chi connectivity index (χ1v) is 11.2. The summed E-state index contributed by atoms with van der Waals surface area (Å²) >= 11 is 0. The number of rotatable bonds is 5. The Hall–Kier alpha value is -3.26. The molecule has 2 atom stereocenters. The molecule has 156 valence electrons. The number of phenols is 1. The van der Waals surface area contributed by atoms with Crippen LogP contribution >= 0.6 is 0 Å². The molecule has 1 N–H and O–H groups in total. The van der Waals surface area contributed by atoms with Crippen LogP contribution in [0.3, 0.4) is 0 Å². The molecule has 3 aromatic rings. The molecule has 0 spiro atoms. The highest BCUT2D eigenvalue weighted by Gasteiger charge is 2.33. The average Bonchev–Trinajstić information content (AvgIpc) is 2.84. The Kier molecular flexibility index (Phi) is 5.62. The van der Waals surface area contributed by atoms with Crippen LogP contribution in [-0.2, 0) is 13.0 Å². The van der Waals surface area contributed by atoms with Gasteiger partial charge in [-0.3, -0.25) is 0 Å². The monoisotopic (exact) mass is 408 g/mol. The van der Waals surface area contributed by atoms with Crippen molar-refractivity contribution in [1.29, 1.82) is 0 Å². The summed E-state index contributed by atoms with van der Waals surface area (Å²) in [6, 6.07) is 24.7. The normalized spacial score (nSPS) is 20.1. The topological polar surface area (TPSA) is 29.5 Å². The zero-order valence-electron chi connectivity index (χ0n) is 17.7. The summed E-state index contributed by atoms with van der Waals surface area (Å²) in [6.07, 6.45) is 11.5. The van der Waals surface area contributed by atoms with Crippen LogP contribution in [0.15, 0.2) is 96.6 Å². The largest absolute Gasteiger partial charge is 0.508 e. The third-order valence-corrected chi connectivity index (χ3v) is 6.53. The predicted octanol–water partition coefficient (Wildman–Crippen LogP) is 6.94. The summed E-state index contributed by atoms with van der Waals surface area (Å²) in [5.41, 5.74) is 6.66. The van der Waals surface area contributed by atoms with E-state index in [9.17, 15) is 5.11 Å². The SMILES string of the molecule is Oc1ccc([C@@H]2c3ccc(OCc4ccccc4)cc3CC[C@@H]2C2=CCCC=C2)cc1. The van der Waals surface area contributed by atoms with Crippen molar-refractivity contribution < 1.29 is 9.84 Å². The molecule has 0 aromatic heterocycles. The quantitative estimate of drug-likeness (QED) is 0.495. The van der Waals surface area contributed by atoms with Crippen molar-refractivity contribution in [2.24, 2.45) is 5.92 Å². The average molecular weight is 409 g/mol. The molecule has 31 heavy (non-hydrogen) atoms. The summed E-state index contributed by atoms with van der Waals surface area (Å²) in [5.74, 6) is 2.01. The Morgan fingerprint density at radius 1 is 0.903 bits per heavy atom. The van der Waals surface area contributed by atoms with Gasteiger partial charge in [-0.1, -0.05) is 66.8 Å². The lowest BCUT2D eigenvalue weighted by Gasteiger charge is -2.36. The van der Waals surface area contributed by atoms with Crippen molar-refractivity contribution in [3.63, 3.8) is 0 Å². The van der Waals surface area contributed by atoms with E-state index >= 15 is 0 Å². The maximum absolute atomic E-state index is 9.82.